The van der Waals surface area contributed by atoms with Gasteiger partial charge in [0.25, 0.3) is 10.0 Å². The Hall–Kier alpha value is -4.63. The average molecular weight is 654 g/mol. The van der Waals surface area contributed by atoms with Gasteiger partial charge in [0.05, 0.1) is 17.7 Å². The second-order valence-electron chi connectivity index (χ2n) is 12.2. The molecule has 0 radical (unpaired) electrons. The summed E-state index contributed by atoms with van der Waals surface area (Å²) in [6.45, 7) is 3.49. The number of anilines is 1. The van der Waals surface area contributed by atoms with Crippen molar-refractivity contribution in [1.29, 1.82) is 0 Å². The third-order valence-corrected chi connectivity index (χ3v) is 10.6. The minimum Gasteiger partial charge on any atom is -0.497 e. The molecule has 0 heterocycles. The first-order chi connectivity index (χ1) is 22.7. The third-order valence-electron chi connectivity index (χ3n) is 8.82. The molecule has 4 aromatic rings. The van der Waals surface area contributed by atoms with Crippen LogP contribution in [0.15, 0.2) is 108 Å². The topological polar surface area (TPSA) is 96.0 Å². The number of hydrogen-bond acceptors (Lipinski definition) is 5. The minimum absolute atomic E-state index is 0.0499. The number of nitrogens with zero attached hydrogens (tertiary/aromatic N) is 2. The Balaban J connectivity index is 1.57. The molecule has 1 aliphatic rings. The van der Waals surface area contributed by atoms with E-state index < -0.39 is 28.5 Å². The summed E-state index contributed by atoms with van der Waals surface area (Å²) in [6, 6.07) is 29.7. The molecule has 4 aromatic carbocycles. The fourth-order valence-corrected chi connectivity index (χ4v) is 7.42. The molecular formula is C38H43N3O5S. The molecular weight excluding hydrogens is 611 g/mol. The van der Waals surface area contributed by atoms with Crippen molar-refractivity contribution >= 4 is 27.5 Å². The third kappa shape index (κ3) is 8.40. The Morgan fingerprint density at radius 3 is 2.13 bits per heavy atom. The smallest absolute Gasteiger partial charge is 0.264 e. The number of carbonyl (C=O) groups excluding carboxylic acids is 2. The highest BCUT2D eigenvalue weighted by atomic mass is 32.2. The quantitative estimate of drug-likeness (QED) is 0.185. The first kappa shape index (κ1) is 33.7. The standard InChI is InChI=1S/C38H43N3O5S/c1-28-17-23-35(24-18-28)47(44,45)41(33-19-21-34(46-3)22-20-33)27-37(42)40(26-31-14-8-7-11-29(31)2)36(25-30-12-5-4-6-13-30)38(43)39-32-15-9-10-16-32/h4-8,11-14,17-24,32,36H,9-10,15-16,25-27H2,1-3H3,(H,39,43)/t36-/m0/s1. The normalized spacial score (nSPS) is 13.9. The molecule has 1 N–H and O–H groups in total. The highest BCUT2D eigenvalue weighted by Crippen LogP contribution is 2.28. The molecule has 1 fully saturated rings. The van der Waals surface area contributed by atoms with Crippen LogP contribution in [0.2, 0.25) is 0 Å². The van der Waals surface area contributed by atoms with Crippen LogP contribution in [0.3, 0.4) is 0 Å². The van der Waals surface area contributed by atoms with Gasteiger partial charge >= 0.3 is 0 Å². The zero-order valence-corrected chi connectivity index (χ0v) is 28.1. The highest BCUT2D eigenvalue weighted by Gasteiger charge is 2.35. The summed E-state index contributed by atoms with van der Waals surface area (Å²) in [7, 11) is -2.65. The maximum atomic E-state index is 14.7. The number of benzene rings is 4. The number of sulfonamides is 1. The number of carbonyl (C=O) groups is 2. The lowest BCUT2D eigenvalue weighted by Gasteiger charge is -2.34. The van der Waals surface area contributed by atoms with Gasteiger partial charge in [0.2, 0.25) is 11.8 Å². The zero-order chi connectivity index (χ0) is 33.4. The van der Waals surface area contributed by atoms with Crippen molar-refractivity contribution in [2.24, 2.45) is 0 Å². The van der Waals surface area contributed by atoms with Gasteiger partial charge in [0.15, 0.2) is 0 Å². The van der Waals surface area contributed by atoms with Crippen LogP contribution >= 0.6 is 0 Å². The molecule has 0 aliphatic heterocycles. The fourth-order valence-electron chi connectivity index (χ4n) is 6.01. The predicted molar refractivity (Wildman–Crippen MR) is 185 cm³/mol. The molecule has 8 nitrogen and oxygen atoms in total. The molecule has 5 rings (SSSR count). The van der Waals surface area contributed by atoms with Gasteiger partial charge in [0.1, 0.15) is 18.3 Å². The first-order valence-corrected chi connectivity index (χ1v) is 17.5. The molecule has 1 saturated carbocycles. The Kier molecular flexibility index (Phi) is 11.0. The second kappa shape index (κ2) is 15.3. The van der Waals surface area contributed by atoms with Crippen molar-refractivity contribution in [2.45, 2.75) is 69.5 Å². The monoisotopic (exact) mass is 653 g/mol. The molecule has 0 unspecified atom stereocenters. The van der Waals surface area contributed by atoms with Crippen molar-refractivity contribution < 1.29 is 22.7 Å². The van der Waals surface area contributed by atoms with Crippen LogP contribution in [0, 0.1) is 13.8 Å². The van der Waals surface area contributed by atoms with Crippen molar-refractivity contribution in [3.8, 4) is 5.75 Å². The lowest BCUT2D eigenvalue weighted by Crippen LogP contribution is -2.54. The van der Waals surface area contributed by atoms with E-state index in [1.54, 1.807) is 53.4 Å². The number of amides is 2. The van der Waals surface area contributed by atoms with E-state index in [2.05, 4.69) is 5.32 Å². The van der Waals surface area contributed by atoms with Crippen LogP contribution in [0.25, 0.3) is 0 Å². The van der Waals surface area contributed by atoms with Gasteiger partial charge in [-0.3, -0.25) is 13.9 Å². The van der Waals surface area contributed by atoms with Crippen LogP contribution in [0.1, 0.15) is 47.9 Å². The van der Waals surface area contributed by atoms with E-state index in [0.29, 0.717) is 11.4 Å². The minimum atomic E-state index is -4.18. The lowest BCUT2D eigenvalue weighted by molar-refractivity contribution is -0.140. The van der Waals surface area contributed by atoms with Crippen LogP contribution in [-0.2, 0) is 32.6 Å². The molecule has 47 heavy (non-hydrogen) atoms. The predicted octanol–water partition coefficient (Wildman–Crippen LogP) is 6.21. The van der Waals surface area contributed by atoms with Crippen molar-refractivity contribution in [1.82, 2.24) is 10.2 Å². The second-order valence-corrected chi connectivity index (χ2v) is 14.0. The van der Waals surface area contributed by atoms with E-state index in [4.69, 9.17) is 4.74 Å². The summed E-state index contributed by atoms with van der Waals surface area (Å²) in [5.41, 5.74) is 3.98. The number of methoxy groups -OCH3 is 1. The maximum Gasteiger partial charge on any atom is 0.264 e. The molecule has 1 atom stereocenters. The van der Waals surface area contributed by atoms with Crippen molar-refractivity contribution in [2.75, 3.05) is 18.0 Å². The van der Waals surface area contributed by atoms with Crippen LogP contribution in [-0.4, -0.2) is 50.9 Å². The largest absolute Gasteiger partial charge is 0.497 e. The lowest BCUT2D eigenvalue weighted by atomic mass is 10.0. The van der Waals surface area contributed by atoms with Crippen LogP contribution < -0.4 is 14.4 Å². The Labute approximate surface area is 278 Å². The zero-order valence-electron chi connectivity index (χ0n) is 27.3. The van der Waals surface area contributed by atoms with Gasteiger partial charge in [-0.2, -0.15) is 0 Å². The summed E-state index contributed by atoms with van der Waals surface area (Å²) < 4.78 is 34.9. The molecule has 1 aliphatic carbocycles. The number of hydrogen-bond donors (Lipinski definition) is 1. The van der Waals surface area contributed by atoms with E-state index in [-0.39, 0.29) is 29.8 Å². The molecule has 246 valence electrons. The van der Waals surface area contributed by atoms with Crippen molar-refractivity contribution in [3.63, 3.8) is 0 Å². The highest BCUT2D eigenvalue weighted by molar-refractivity contribution is 7.92. The molecule has 0 saturated heterocycles. The van der Waals surface area contributed by atoms with Gasteiger partial charge in [-0.15, -0.1) is 0 Å². The average Bonchev–Trinajstić information content (AvgIpc) is 3.59. The number of rotatable bonds is 13. The molecule has 0 aromatic heterocycles. The van der Waals surface area contributed by atoms with Crippen LogP contribution in [0.5, 0.6) is 5.75 Å². The van der Waals surface area contributed by atoms with Gasteiger partial charge in [-0.1, -0.05) is 85.1 Å². The summed E-state index contributed by atoms with van der Waals surface area (Å²) in [5, 5.41) is 3.22. The van der Waals surface area contributed by atoms with E-state index >= 15 is 0 Å². The molecule has 2 amide bonds. The van der Waals surface area contributed by atoms with E-state index in [0.717, 1.165) is 52.2 Å². The van der Waals surface area contributed by atoms with E-state index in [1.165, 1.54) is 7.11 Å². The first-order valence-electron chi connectivity index (χ1n) is 16.1. The Bertz CT molecular complexity index is 1750. The summed E-state index contributed by atoms with van der Waals surface area (Å²) in [5.74, 6) is -0.164. The van der Waals surface area contributed by atoms with Gasteiger partial charge in [-0.05, 0) is 79.8 Å². The number of nitrogens with one attached hydrogen (secondary N) is 1. The summed E-state index contributed by atoms with van der Waals surface area (Å²) >= 11 is 0. The fraction of sp³-hybridized carbons (Fsp3) is 0.316. The summed E-state index contributed by atoms with van der Waals surface area (Å²) in [6.07, 6.45) is 4.18. The van der Waals surface area contributed by atoms with E-state index in [9.17, 15) is 18.0 Å². The maximum absolute atomic E-state index is 14.7. The molecule has 0 bridgehead atoms. The SMILES string of the molecule is COc1ccc(N(CC(=O)N(Cc2ccccc2C)[C@@H](Cc2ccccc2)C(=O)NC2CCCC2)S(=O)(=O)c2ccc(C)cc2)cc1. The van der Waals surface area contributed by atoms with Gasteiger partial charge in [0, 0.05) is 19.0 Å². The molecule has 9 heteroatoms. The number of aryl methyl sites for hydroxylation is 2. The summed E-state index contributed by atoms with van der Waals surface area (Å²) in [4.78, 5) is 30.5. The van der Waals surface area contributed by atoms with E-state index in [1.807, 2.05) is 68.4 Å². The van der Waals surface area contributed by atoms with Gasteiger partial charge < -0.3 is 15.0 Å². The Morgan fingerprint density at radius 1 is 0.851 bits per heavy atom. The Morgan fingerprint density at radius 2 is 1.49 bits per heavy atom. The van der Waals surface area contributed by atoms with Gasteiger partial charge in [-0.25, -0.2) is 8.42 Å². The number of ether oxygens (including phenoxy) is 1. The molecule has 0 spiro atoms. The van der Waals surface area contributed by atoms with Crippen molar-refractivity contribution in [3.05, 3.63) is 125 Å². The van der Waals surface area contributed by atoms with Crippen LogP contribution in [0.4, 0.5) is 5.69 Å².